The van der Waals surface area contributed by atoms with E-state index in [1.165, 1.54) is 0 Å². The first-order valence-corrected chi connectivity index (χ1v) is 8.77. The van der Waals surface area contributed by atoms with Gasteiger partial charge in [0.05, 0.1) is 0 Å². The van der Waals surface area contributed by atoms with Gasteiger partial charge in [-0.05, 0) is 29.7 Å². The van der Waals surface area contributed by atoms with Crippen molar-refractivity contribution in [2.45, 2.75) is 12.8 Å². The Morgan fingerprint density at radius 3 is 1.89 bits per heavy atom. The Balaban J connectivity index is 1.70. The number of hydrogen-bond acceptors (Lipinski definition) is 3. The van der Waals surface area contributed by atoms with Crippen LogP contribution in [0.4, 0.5) is 5.69 Å². The van der Waals surface area contributed by atoms with Gasteiger partial charge >= 0.3 is 5.97 Å². The van der Waals surface area contributed by atoms with Crippen LogP contribution in [0.5, 0.6) is 0 Å². The monoisotopic (exact) mass is 359 g/mol. The number of nitrogens with one attached hydrogen (secondary N) is 1. The first kappa shape index (κ1) is 18.4. The van der Waals surface area contributed by atoms with E-state index >= 15 is 0 Å². The minimum atomic E-state index is -0.571. The summed E-state index contributed by atoms with van der Waals surface area (Å²) in [4.78, 5) is 24.9. The van der Waals surface area contributed by atoms with Crippen molar-refractivity contribution >= 4 is 17.6 Å². The molecule has 1 N–H and O–H groups in total. The number of ether oxygens (including phenoxy) is 1. The Kier molecular flexibility index (Phi) is 6.00. The Morgan fingerprint density at radius 2 is 1.33 bits per heavy atom. The van der Waals surface area contributed by atoms with Crippen molar-refractivity contribution < 1.29 is 14.3 Å². The molecule has 0 saturated carbocycles. The molecule has 3 aromatic carbocycles. The van der Waals surface area contributed by atoms with Crippen LogP contribution < -0.4 is 5.32 Å². The highest BCUT2D eigenvalue weighted by Crippen LogP contribution is 2.26. The van der Waals surface area contributed by atoms with Crippen molar-refractivity contribution in [1.29, 1.82) is 0 Å². The zero-order chi connectivity index (χ0) is 19.1. The second-order valence-electron chi connectivity index (χ2n) is 6.23. The highest BCUT2D eigenvalue weighted by atomic mass is 16.5. The number of aryl methyl sites for hydroxylation is 1. The summed E-state index contributed by atoms with van der Waals surface area (Å²) >= 11 is 0. The molecule has 0 aliphatic heterocycles. The Morgan fingerprint density at radius 1 is 0.815 bits per heavy atom. The number of carbonyl (C=O) groups is 2. The van der Waals surface area contributed by atoms with E-state index in [-0.39, 0.29) is 12.5 Å². The van der Waals surface area contributed by atoms with Crippen LogP contribution in [-0.2, 0) is 14.3 Å². The van der Waals surface area contributed by atoms with E-state index in [1.54, 1.807) is 0 Å². The first-order chi connectivity index (χ1) is 13.1. The highest BCUT2D eigenvalue weighted by Gasteiger charge is 2.24. The number of para-hydroxylation sites is 1. The molecule has 0 spiro atoms. The third kappa shape index (κ3) is 4.82. The molecule has 0 aromatic heterocycles. The molecule has 4 nitrogen and oxygen atoms in total. The average Bonchev–Trinajstić information content (AvgIpc) is 2.70. The third-order valence-electron chi connectivity index (χ3n) is 4.27. The van der Waals surface area contributed by atoms with E-state index in [0.717, 1.165) is 16.7 Å². The maximum atomic E-state index is 12.8. The van der Waals surface area contributed by atoms with E-state index in [0.29, 0.717) is 5.69 Å². The molecular formula is C23H21NO3. The van der Waals surface area contributed by atoms with Crippen molar-refractivity contribution in [2.75, 3.05) is 11.9 Å². The van der Waals surface area contributed by atoms with Gasteiger partial charge in [0, 0.05) is 5.69 Å². The third-order valence-corrected chi connectivity index (χ3v) is 4.27. The first-order valence-electron chi connectivity index (χ1n) is 8.77. The largest absolute Gasteiger partial charge is 0.455 e. The zero-order valence-corrected chi connectivity index (χ0v) is 15.1. The number of anilines is 1. The Hall–Kier alpha value is -3.40. The molecule has 0 bridgehead atoms. The average molecular weight is 359 g/mol. The van der Waals surface area contributed by atoms with Crippen LogP contribution in [0.3, 0.4) is 0 Å². The fraction of sp³-hybridized carbons (Fsp3) is 0.130. The van der Waals surface area contributed by atoms with Gasteiger partial charge in [-0.25, -0.2) is 0 Å². The number of hydrogen-bond donors (Lipinski definition) is 1. The Bertz CT molecular complexity index is 868. The molecule has 0 aliphatic carbocycles. The lowest BCUT2D eigenvalue weighted by Crippen LogP contribution is -2.24. The van der Waals surface area contributed by atoms with Gasteiger partial charge in [-0.15, -0.1) is 0 Å². The van der Waals surface area contributed by atoms with Gasteiger partial charge in [-0.2, -0.15) is 0 Å². The fourth-order valence-corrected chi connectivity index (χ4v) is 2.88. The molecule has 0 radical (unpaired) electrons. The molecule has 4 heteroatoms. The molecule has 27 heavy (non-hydrogen) atoms. The molecule has 3 aromatic rings. The maximum absolute atomic E-state index is 12.8. The number of amides is 1. The van der Waals surface area contributed by atoms with Crippen molar-refractivity contribution in [3.05, 3.63) is 102 Å². The molecule has 1 amide bonds. The number of benzene rings is 3. The van der Waals surface area contributed by atoms with Crippen LogP contribution >= 0.6 is 0 Å². The van der Waals surface area contributed by atoms with Crippen LogP contribution in [0.2, 0.25) is 0 Å². The van der Waals surface area contributed by atoms with E-state index in [1.807, 2.05) is 91.9 Å². The molecule has 136 valence electrons. The summed E-state index contributed by atoms with van der Waals surface area (Å²) in [5.41, 5.74) is 3.31. The molecule has 0 aliphatic rings. The molecule has 3 rings (SSSR count). The topological polar surface area (TPSA) is 55.4 Å². The minimum absolute atomic E-state index is 0.330. The highest BCUT2D eigenvalue weighted by molar-refractivity contribution is 5.94. The van der Waals surface area contributed by atoms with Gasteiger partial charge in [-0.3, -0.25) is 9.59 Å². The fourth-order valence-electron chi connectivity index (χ4n) is 2.88. The normalized spacial score (nSPS) is 10.4. The van der Waals surface area contributed by atoms with Gasteiger partial charge in [-0.1, -0.05) is 78.9 Å². The maximum Gasteiger partial charge on any atom is 0.318 e. The smallest absolute Gasteiger partial charge is 0.318 e. The summed E-state index contributed by atoms with van der Waals surface area (Å²) in [6, 6.07) is 26.3. The second-order valence-corrected chi connectivity index (χ2v) is 6.23. The van der Waals surface area contributed by atoms with Crippen LogP contribution in [0.1, 0.15) is 22.6 Å². The van der Waals surface area contributed by atoms with E-state index in [9.17, 15) is 9.59 Å². The number of rotatable bonds is 6. The van der Waals surface area contributed by atoms with E-state index in [2.05, 4.69) is 5.32 Å². The lowest BCUT2D eigenvalue weighted by molar-refractivity contribution is -0.147. The van der Waals surface area contributed by atoms with Gasteiger partial charge in [0.1, 0.15) is 5.92 Å². The van der Waals surface area contributed by atoms with Gasteiger partial charge < -0.3 is 10.1 Å². The summed E-state index contributed by atoms with van der Waals surface area (Å²) in [7, 11) is 0. The lowest BCUT2D eigenvalue weighted by Gasteiger charge is -2.17. The molecule has 0 atom stereocenters. The Labute approximate surface area is 158 Å². The van der Waals surface area contributed by atoms with Crippen LogP contribution in [0.15, 0.2) is 84.9 Å². The van der Waals surface area contributed by atoms with Crippen molar-refractivity contribution in [2.24, 2.45) is 0 Å². The second kappa shape index (κ2) is 8.81. The SMILES string of the molecule is Cc1ccccc1NC(=O)COC(=O)C(c1ccccc1)c1ccccc1. The predicted octanol–water partition coefficient (Wildman–Crippen LogP) is 4.31. The standard InChI is InChI=1S/C23H21NO3/c1-17-10-8-9-15-20(17)24-21(25)16-27-23(26)22(18-11-4-2-5-12-18)19-13-6-3-7-14-19/h2-15,22H,16H2,1H3,(H,24,25). The van der Waals surface area contributed by atoms with Crippen molar-refractivity contribution in [1.82, 2.24) is 0 Å². The summed E-state index contributed by atoms with van der Waals surface area (Å²) in [6.45, 7) is 1.58. The molecule has 0 unspecified atom stereocenters. The number of carbonyl (C=O) groups excluding carboxylic acids is 2. The van der Waals surface area contributed by atoms with Crippen LogP contribution in [-0.4, -0.2) is 18.5 Å². The van der Waals surface area contributed by atoms with Crippen LogP contribution in [0, 0.1) is 6.92 Å². The van der Waals surface area contributed by atoms with Crippen molar-refractivity contribution in [3.8, 4) is 0 Å². The van der Waals surface area contributed by atoms with Crippen molar-refractivity contribution in [3.63, 3.8) is 0 Å². The molecule has 0 fully saturated rings. The predicted molar refractivity (Wildman–Crippen MR) is 105 cm³/mol. The molecular weight excluding hydrogens is 338 g/mol. The van der Waals surface area contributed by atoms with E-state index in [4.69, 9.17) is 4.74 Å². The van der Waals surface area contributed by atoms with E-state index < -0.39 is 11.9 Å². The lowest BCUT2D eigenvalue weighted by atomic mass is 9.91. The summed E-state index contributed by atoms with van der Waals surface area (Å²) in [6.07, 6.45) is 0. The summed E-state index contributed by atoms with van der Waals surface area (Å²) in [5.74, 6) is -1.39. The summed E-state index contributed by atoms with van der Waals surface area (Å²) < 4.78 is 5.34. The minimum Gasteiger partial charge on any atom is -0.455 e. The number of esters is 1. The van der Waals surface area contributed by atoms with Gasteiger partial charge in [0.15, 0.2) is 6.61 Å². The van der Waals surface area contributed by atoms with Gasteiger partial charge in [0.2, 0.25) is 0 Å². The van der Waals surface area contributed by atoms with Gasteiger partial charge in [0.25, 0.3) is 5.91 Å². The summed E-state index contributed by atoms with van der Waals surface area (Å²) in [5, 5.41) is 2.77. The van der Waals surface area contributed by atoms with Crippen LogP contribution in [0.25, 0.3) is 0 Å². The molecule has 0 heterocycles. The molecule has 0 saturated heterocycles. The zero-order valence-electron chi connectivity index (χ0n) is 15.1. The quantitative estimate of drug-likeness (QED) is 0.667.